The van der Waals surface area contributed by atoms with Gasteiger partial charge in [-0.05, 0) is 61.9 Å². The molecule has 2 amide bonds. The first-order valence-electron chi connectivity index (χ1n) is 17.2. The lowest BCUT2D eigenvalue weighted by Crippen LogP contribution is -2.61. The molecule has 0 saturated carbocycles. The zero-order chi connectivity index (χ0) is 33.8. The number of aliphatic hydroxyl groups is 2. The highest BCUT2D eigenvalue weighted by atomic mass is 16.3. The van der Waals surface area contributed by atoms with Crippen LogP contribution in [-0.4, -0.2) is 86.8 Å². The number of fused-ring (bicyclic) bond motifs is 2. The average molecular weight is 652 g/mol. The predicted octanol–water partition coefficient (Wildman–Crippen LogP) is 3.95. The van der Waals surface area contributed by atoms with Crippen LogP contribution >= 0.6 is 0 Å². The van der Waals surface area contributed by atoms with Gasteiger partial charge in [0.2, 0.25) is 11.8 Å². The Kier molecular flexibility index (Phi) is 10.3. The van der Waals surface area contributed by atoms with Crippen molar-refractivity contribution in [2.24, 2.45) is 5.92 Å². The number of nitrogens with one attached hydrogen (secondary N) is 3. The second-order valence-corrected chi connectivity index (χ2v) is 14.6. The number of para-hydroxylation sites is 1. The van der Waals surface area contributed by atoms with Gasteiger partial charge in [0.25, 0.3) is 0 Å². The van der Waals surface area contributed by atoms with Gasteiger partial charge in [0.1, 0.15) is 6.04 Å². The van der Waals surface area contributed by atoms with E-state index in [4.69, 9.17) is 0 Å². The molecule has 0 spiro atoms. The zero-order valence-corrected chi connectivity index (χ0v) is 28.2. The lowest BCUT2D eigenvalue weighted by Gasteiger charge is -2.42. The Bertz CT molecular complexity index is 1700. The molecular formula is C39H49N5O4. The number of β-amino-alcohol motifs (C(OH)–C–C–N with tert-alkyl or cyclic N) is 1. The van der Waals surface area contributed by atoms with Gasteiger partial charge in [0, 0.05) is 67.7 Å². The quantitative estimate of drug-likeness (QED) is 0.168. The number of piperazine rings is 1. The van der Waals surface area contributed by atoms with Crippen molar-refractivity contribution in [3.8, 4) is 0 Å². The van der Waals surface area contributed by atoms with Crippen LogP contribution in [0.1, 0.15) is 55.5 Å². The Morgan fingerprint density at radius 1 is 0.979 bits per heavy atom. The van der Waals surface area contributed by atoms with Gasteiger partial charge in [-0.1, -0.05) is 72.8 Å². The maximum atomic E-state index is 13.9. The van der Waals surface area contributed by atoms with E-state index in [1.165, 1.54) is 10.9 Å². The summed E-state index contributed by atoms with van der Waals surface area (Å²) in [4.78, 5) is 35.3. The Hall–Kier alpha value is -4.02. The summed E-state index contributed by atoms with van der Waals surface area (Å²) in [7, 11) is 0. The van der Waals surface area contributed by atoms with Crippen molar-refractivity contribution in [1.29, 1.82) is 0 Å². The maximum Gasteiger partial charge on any atom is 0.239 e. The van der Waals surface area contributed by atoms with Crippen molar-refractivity contribution < 1.29 is 19.8 Å². The van der Waals surface area contributed by atoms with E-state index in [9.17, 15) is 19.8 Å². The van der Waals surface area contributed by atoms with Crippen molar-refractivity contribution in [2.75, 3.05) is 26.2 Å². The minimum absolute atomic E-state index is 0.0641. The number of rotatable bonds is 11. The summed E-state index contributed by atoms with van der Waals surface area (Å²) in [5.74, 6) is -0.776. The highest BCUT2D eigenvalue weighted by Crippen LogP contribution is 2.32. The third-order valence-corrected chi connectivity index (χ3v) is 9.64. The second-order valence-electron chi connectivity index (χ2n) is 14.6. The second kappa shape index (κ2) is 14.6. The summed E-state index contributed by atoms with van der Waals surface area (Å²) < 4.78 is 0. The molecular weight excluding hydrogens is 602 g/mol. The molecule has 1 aromatic heterocycles. The Labute approximate surface area is 283 Å². The lowest BCUT2D eigenvalue weighted by atomic mass is 9.91. The lowest BCUT2D eigenvalue weighted by molar-refractivity contribution is -0.132. The fourth-order valence-electron chi connectivity index (χ4n) is 7.32. The number of hydrogen-bond acceptors (Lipinski definition) is 6. The molecule has 5 N–H and O–H groups in total. The molecule has 1 fully saturated rings. The molecule has 1 aliphatic carbocycles. The number of benzene rings is 3. The first kappa shape index (κ1) is 33.9. The molecule has 48 heavy (non-hydrogen) atoms. The van der Waals surface area contributed by atoms with Gasteiger partial charge in [-0.15, -0.1) is 0 Å². The van der Waals surface area contributed by atoms with Gasteiger partial charge in [0.05, 0.1) is 18.2 Å². The molecule has 0 radical (unpaired) electrons. The number of hydrogen-bond donors (Lipinski definition) is 5. The fraction of sp³-hybridized carbons (Fsp3) is 0.436. The number of H-pyrrole nitrogens is 1. The molecule has 1 saturated heterocycles. The van der Waals surface area contributed by atoms with Crippen LogP contribution in [0.25, 0.3) is 10.9 Å². The van der Waals surface area contributed by atoms with E-state index < -0.39 is 35.7 Å². The van der Waals surface area contributed by atoms with Crippen LogP contribution in [-0.2, 0) is 29.0 Å². The highest BCUT2D eigenvalue weighted by Gasteiger charge is 2.37. The summed E-state index contributed by atoms with van der Waals surface area (Å²) >= 11 is 0. The molecule has 2 heterocycles. The third kappa shape index (κ3) is 8.15. The molecule has 0 unspecified atom stereocenters. The molecule has 4 aromatic rings. The molecule has 0 bridgehead atoms. The Morgan fingerprint density at radius 2 is 1.71 bits per heavy atom. The summed E-state index contributed by atoms with van der Waals surface area (Å²) in [5, 5.41) is 29.9. The molecule has 6 rings (SSSR count). The minimum Gasteiger partial charge on any atom is -0.392 e. The monoisotopic (exact) mass is 651 g/mol. The number of nitrogens with zero attached hydrogens (tertiary/aromatic N) is 2. The predicted molar refractivity (Wildman–Crippen MR) is 188 cm³/mol. The molecule has 9 heteroatoms. The molecule has 9 nitrogen and oxygen atoms in total. The average Bonchev–Trinajstić information content (AvgIpc) is 3.60. The smallest absolute Gasteiger partial charge is 0.239 e. The van der Waals surface area contributed by atoms with Gasteiger partial charge in [-0.25, -0.2) is 0 Å². The standard InChI is InChI=1S/C39H49N5O4/c1-39(2,3)42-38(48)34-25-43(23-29-22-40-33-16-10-9-14-31(29)33)17-18-44(34)24-30(45)20-28(19-26-11-5-4-6-12-26)37(47)41-36-32-15-8-7-13-27(32)21-35(36)46/h4-16,22,28,30,34-36,40,45-46H,17-21,23-25H2,1-3H3,(H,41,47)(H,42,48)/t28-,30+,34+,35-,36+/m1/s1. The van der Waals surface area contributed by atoms with Crippen LogP contribution in [0.4, 0.5) is 0 Å². The number of aromatic nitrogens is 1. The van der Waals surface area contributed by atoms with E-state index >= 15 is 0 Å². The first-order valence-corrected chi connectivity index (χ1v) is 17.2. The van der Waals surface area contributed by atoms with Gasteiger partial charge in [0.15, 0.2) is 0 Å². The number of aliphatic hydroxyl groups excluding tert-OH is 2. The summed E-state index contributed by atoms with van der Waals surface area (Å²) in [6, 6.07) is 24.9. The van der Waals surface area contributed by atoms with Gasteiger partial charge in [-0.2, -0.15) is 0 Å². The topological polar surface area (TPSA) is 121 Å². The van der Waals surface area contributed by atoms with Crippen molar-refractivity contribution >= 4 is 22.7 Å². The van der Waals surface area contributed by atoms with Gasteiger partial charge in [-0.3, -0.25) is 19.4 Å². The summed E-state index contributed by atoms with van der Waals surface area (Å²) in [6.45, 7) is 8.81. The van der Waals surface area contributed by atoms with E-state index in [-0.39, 0.29) is 24.8 Å². The largest absolute Gasteiger partial charge is 0.392 e. The summed E-state index contributed by atoms with van der Waals surface area (Å²) in [5.41, 5.74) is 4.87. The third-order valence-electron chi connectivity index (χ3n) is 9.64. The van der Waals surface area contributed by atoms with Crippen molar-refractivity contribution in [3.05, 3.63) is 107 Å². The number of amides is 2. The van der Waals surface area contributed by atoms with Gasteiger partial charge < -0.3 is 25.8 Å². The molecule has 1 aliphatic heterocycles. The van der Waals surface area contributed by atoms with E-state index in [1.807, 2.05) is 93.7 Å². The van der Waals surface area contributed by atoms with Crippen LogP contribution in [0.5, 0.6) is 0 Å². The van der Waals surface area contributed by atoms with E-state index in [0.717, 1.165) is 35.3 Å². The molecule has 2 aliphatic rings. The van der Waals surface area contributed by atoms with Crippen molar-refractivity contribution in [2.45, 2.75) is 76.4 Å². The van der Waals surface area contributed by atoms with Crippen LogP contribution in [0.2, 0.25) is 0 Å². The van der Waals surface area contributed by atoms with Crippen LogP contribution < -0.4 is 10.6 Å². The number of carbonyl (C=O) groups excluding carboxylic acids is 2. The molecule has 254 valence electrons. The number of carbonyl (C=O) groups is 2. The summed E-state index contributed by atoms with van der Waals surface area (Å²) in [6.07, 6.45) is 1.70. The first-order chi connectivity index (χ1) is 23.0. The minimum atomic E-state index is -0.838. The highest BCUT2D eigenvalue weighted by molar-refractivity contribution is 5.84. The van der Waals surface area contributed by atoms with Crippen molar-refractivity contribution in [3.63, 3.8) is 0 Å². The van der Waals surface area contributed by atoms with E-state index in [0.29, 0.717) is 25.9 Å². The molecule has 5 atom stereocenters. The molecule has 3 aromatic carbocycles. The van der Waals surface area contributed by atoms with E-state index in [2.05, 4.69) is 37.6 Å². The van der Waals surface area contributed by atoms with Crippen molar-refractivity contribution in [1.82, 2.24) is 25.4 Å². The number of aromatic amines is 1. The van der Waals surface area contributed by atoms with Crippen LogP contribution in [0.15, 0.2) is 85.1 Å². The zero-order valence-electron chi connectivity index (χ0n) is 28.2. The van der Waals surface area contributed by atoms with E-state index in [1.54, 1.807) is 0 Å². The van der Waals surface area contributed by atoms with Gasteiger partial charge >= 0.3 is 0 Å². The Balaban J connectivity index is 1.16. The SMILES string of the molecule is CC(C)(C)NC(=O)[C@@H]1CN(Cc2c[nH]c3ccccc23)CCN1C[C@@H](O)C[C@@H](Cc1ccccc1)C(=O)N[C@H]1c2ccccc2C[C@H]1O. The van der Waals surface area contributed by atoms with Crippen LogP contribution in [0.3, 0.4) is 0 Å². The Morgan fingerprint density at radius 3 is 2.50 bits per heavy atom. The maximum absolute atomic E-state index is 13.9. The van der Waals surface area contributed by atoms with Crippen LogP contribution in [0, 0.1) is 5.92 Å². The fourth-order valence-corrected chi connectivity index (χ4v) is 7.32. The normalized spacial score (nSPS) is 21.5.